The summed E-state index contributed by atoms with van der Waals surface area (Å²) in [4.78, 5) is 15.2. The second-order valence-electron chi connectivity index (χ2n) is 7.15. The van der Waals surface area contributed by atoms with E-state index in [4.69, 9.17) is 23.2 Å². The van der Waals surface area contributed by atoms with Gasteiger partial charge in [0.25, 0.3) is 0 Å². The van der Waals surface area contributed by atoms with Crippen LogP contribution in [-0.2, 0) is 11.3 Å². The third-order valence-corrected chi connectivity index (χ3v) is 6.38. The lowest BCUT2D eigenvalue weighted by atomic mass is 9.87. The molecule has 2 saturated carbocycles. The van der Waals surface area contributed by atoms with Gasteiger partial charge in [0.2, 0.25) is 5.91 Å². The van der Waals surface area contributed by atoms with Crippen LogP contribution in [0.3, 0.4) is 0 Å². The summed E-state index contributed by atoms with van der Waals surface area (Å²) < 4.78 is 0. The van der Waals surface area contributed by atoms with Crippen molar-refractivity contribution in [1.29, 1.82) is 0 Å². The van der Waals surface area contributed by atoms with E-state index < -0.39 is 0 Å². The van der Waals surface area contributed by atoms with Crippen LogP contribution in [0.15, 0.2) is 29.8 Å². The molecule has 2 atom stereocenters. The number of rotatable bonds is 4. The van der Waals surface area contributed by atoms with Crippen LogP contribution in [0, 0.1) is 11.8 Å². The van der Waals surface area contributed by atoms with Gasteiger partial charge in [-0.3, -0.25) is 4.79 Å². The van der Waals surface area contributed by atoms with E-state index in [2.05, 4.69) is 6.08 Å². The lowest BCUT2D eigenvalue weighted by molar-refractivity contribution is -0.129. The zero-order chi connectivity index (χ0) is 16.0. The van der Waals surface area contributed by atoms with E-state index in [9.17, 15) is 4.79 Å². The number of hydrogen-bond acceptors (Lipinski definition) is 1. The van der Waals surface area contributed by atoms with Crippen LogP contribution in [0.25, 0.3) is 0 Å². The van der Waals surface area contributed by atoms with Crippen molar-refractivity contribution in [2.24, 2.45) is 11.8 Å². The van der Waals surface area contributed by atoms with E-state index >= 15 is 0 Å². The van der Waals surface area contributed by atoms with E-state index in [0.29, 0.717) is 28.5 Å². The molecule has 1 aromatic carbocycles. The van der Waals surface area contributed by atoms with E-state index in [-0.39, 0.29) is 5.91 Å². The minimum atomic E-state index is 0.230. The van der Waals surface area contributed by atoms with Gasteiger partial charge < -0.3 is 4.90 Å². The zero-order valence-electron chi connectivity index (χ0n) is 13.1. The Morgan fingerprint density at radius 1 is 1.17 bits per heavy atom. The fourth-order valence-electron chi connectivity index (χ4n) is 4.07. The predicted molar refractivity (Wildman–Crippen MR) is 93.6 cm³/mol. The third kappa shape index (κ3) is 3.04. The van der Waals surface area contributed by atoms with Crippen molar-refractivity contribution < 1.29 is 4.79 Å². The first-order chi connectivity index (χ1) is 11.1. The van der Waals surface area contributed by atoms with E-state index in [1.165, 1.54) is 19.3 Å². The van der Waals surface area contributed by atoms with Gasteiger partial charge in [0.1, 0.15) is 0 Å². The molecule has 3 aliphatic carbocycles. The van der Waals surface area contributed by atoms with Crippen molar-refractivity contribution in [3.05, 3.63) is 45.5 Å². The molecule has 0 aromatic heterocycles. The fourth-order valence-corrected chi connectivity index (χ4v) is 4.45. The molecule has 2 unspecified atom stereocenters. The largest absolute Gasteiger partial charge is 0.332 e. The lowest BCUT2D eigenvalue weighted by Gasteiger charge is -2.28. The number of carbonyl (C=O) groups is 1. The quantitative estimate of drug-likeness (QED) is 0.728. The van der Waals surface area contributed by atoms with Crippen molar-refractivity contribution in [1.82, 2.24) is 4.90 Å². The van der Waals surface area contributed by atoms with Crippen molar-refractivity contribution >= 4 is 29.1 Å². The Labute approximate surface area is 147 Å². The van der Waals surface area contributed by atoms with E-state index in [1.54, 1.807) is 6.07 Å². The molecular weight excluding hydrogens is 329 g/mol. The average molecular weight is 350 g/mol. The molecule has 1 aromatic rings. The Hall–Kier alpha value is -0.990. The molecule has 1 amide bonds. The summed E-state index contributed by atoms with van der Waals surface area (Å²) >= 11 is 12.5. The first-order valence-corrected chi connectivity index (χ1v) is 9.33. The highest BCUT2D eigenvalue weighted by molar-refractivity contribution is 6.42. The molecule has 2 bridgehead atoms. The van der Waals surface area contributed by atoms with Gasteiger partial charge in [0.15, 0.2) is 0 Å². The highest BCUT2D eigenvalue weighted by Gasteiger charge is 2.39. The molecule has 0 radical (unpaired) electrons. The molecule has 2 nitrogen and oxygen atoms in total. The van der Waals surface area contributed by atoms with Gasteiger partial charge in [0.05, 0.1) is 10.0 Å². The summed E-state index contributed by atoms with van der Waals surface area (Å²) in [5.74, 6) is 1.53. The predicted octanol–water partition coefficient (Wildman–Crippen LogP) is 5.23. The number of allylic oxidation sites excluding steroid dienone is 1. The van der Waals surface area contributed by atoms with Gasteiger partial charge in [-0.2, -0.15) is 0 Å². The summed E-state index contributed by atoms with van der Waals surface area (Å²) in [5.41, 5.74) is 2.00. The fraction of sp³-hybridized carbons (Fsp3) is 0.526. The Morgan fingerprint density at radius 2 is 2.00 bits per heavy atom. The van der Waals surface area contributed by atoms with Gasteiger partial charge in [-0.15, -0.1) is 0 Å². The highest BCUT2D eigenvalue weighted by atomic mass is 35.5. The molecule has 0 N–H and O–H groups in total. The smallest absolute Gasteiger partial charge is 0.250 e. The number of hydrogen-bond donors (Lipinski definition) is 0. The van der Waals surface area contributed by atoms with Gasteiger partial charge in [-0.1, -0.05) is 41.4 Å². The molecule has 0 heterocycles. The first kappa shape index (κ1) is 15.5. The van der Waals surface area contributed by atoms with Gasteiger partial charge in [-0.05, 0) is 62.0 Å². The summed E-state index contributed by atoms with van der Waals surface area (Å²) in [6, 6.07) is 6.04. The molecule has 122 valence electrons. The number of halogens is 2. The van der Waals surface area contributed by atoms with Crippen LogP contribution < -0.4 is 0 Å². The molecule has 0 spiro atoms. The Morgan fingerprint density at radius 3 is 2.78 bits per heavy atom. The van der Waals surface area contributed by atoms with Crippen LogP contribution >= 0.6 is 23.2 Å². The molecule has 4 rings (SSSR count). The SMILES string of the molecule is O=C(C1=CCC2CCC1C2)N(Cc1cccc(Cl)c1Cl)C1CC1. The molecule has 2 fully saturated rings. The van der Waals surface area contributed by atoms with Crippen molar-refractivity contribution in [2.75, 3.05) is 0 Å². The maximum absolute atomic E-state index is 13.1. The monoisotopic (exact) mass is 349 g/mol. The van der Waals surface area contributed by atoms with Crippen molar-refractivity contribution in [3.8, 4) is 0 Å². The first-order valence-electron chi connectivity index (χ1n) is 8.57. The normalized spacial score (nSPS) is 26.1. The highest BCUT2D eigenvalue weighted by Crippen LogP contribution is 2.44. The minimum absolute atomic E-state index is 0.230. The second-order valence-corrected chi connectivity index (χ2v) is 7.93. The van der Waals surface area contributed by atoms with Gasteiger partial charge in [0, 0.05) is 18.2 Å². The minimum Gasteiger partial charge on any atom is -0.332 e. The molecule has 0 aliphatic heterocycles. The van der Waals surface area contributed by atoms with Crippen molar-refractivity contribution in [3.63, 3.8) is 0 Å². The molecule has 23 heavy (non-hydrogen) atoms. The number of carbonyl (C=O) groups excluding carboxylic acids is 1. The summed E-state index contributed by atoms with van der Waals surface area (Å²) in [6.45, 7) is 0.566. The number of fused-ring (bicyclic) bond motifs is 2. The maximum atomic E-state index is 13.1. The van der Waals surface area contributed by atoms with Gasteiger partial charge in [-0.25, -0.2) is 0 Å². The summed E-state index contributed by atoms with van der Waals surface area (Å²) in [6.07, 6.45) is 9.15. The lowest BCUT2D eigenvalue weighted by Crippen LogP contribution is -2.36. The number of benzene rings is 1. The van der Waals surface area contributed by atoms with Crippen molar-refractivity contribution in [2.45, 2.75) is 51.1 Å². The molecule has 3 aliphatic rings. The van der Waals surface area contributed by atoms with Crippen LogP contribution in [0.2, 0.25) is 10.0 Å². The van der Waals surface area contributed by atoms with E-state index in [0.717, 1.165) is 36.3 Å². The average Bonchev–Trinajstić information content (AvgIpc) is 3.32. The summed E-state index contributed by atoms with van der Waals surface area (Å²) in [5, 5.41) is 1.13. The zero-order valence-corrected chi connectivity index (χ0v) is 14.6. The van der Waals surface area contributed by atoms with Crippen LogP contribution in [0.5, 0.6) is 0 Å². The summed E-state index contributed by atoms with van der Waals surface area (Å²) in [7, 11) is 0. The topological polar surface area (TPSA) is 20.3 Å². The molecule has 0 saturated heterocycles. The molecule has 4 heteroatoms. The number of amides is 1. The van der Waals surface area contributed by atoms with E-state index in [1.807, 2.05) is 17.0 Å². The molecular formula is C19H21Cl2NO. The van der Waals surface area contributed by atoms with Crippen LogP contribution in [-0.4, -0.2) is 16.8 Å². The Balaban J connectivity index is 1.57. The number of nitrogens with zero attached hydrogens (tertiary/aromatic N) is 1. The standard InChI is InChI=1S/C19H21Cl2NO/c20-17-3-1-2-14(18(17)21)11-22(15-7-8-15)19(23)16-9-5-12-4-6-13(16)10-12/h1-3,9,12-13,15H,4-8,10-11H2. The van der Waals surface area contributed by atoms with Crippen LogP contribution in [0.4, 0.5) is 0 Å². The van der Waals surface area contributed by atoms with Gasteiger partial charge >= 0.3 is 0 Å². The Bertz CT molecular complexity index is 665. The second kappa shape index (κ2) is 6.14. The maximum Gasteiger partial charge on any atom is 0.250 e. The van der Waals surface area contributed by atoms with Crippen LogP contribution in [0.1, 0.15) is 44.1 Å². The Kier molecular flexibility index (Phi) is 4.15. The third-order valence-electron chi connectivity index (χ3n) is 5.52.